The second-order valence-corrected chi connectivity index (χ2v) is 7.49. The predicted octanol–water partition coefficient (Wildman–Crippen LogP) is 6.48. The largest absolute Gasteiger partial charge is 0.573 e. The first-order chi connectivity index (χ1) is 16.9. The molecule has 1 heterocycles. The molecule has 2 N–H and O–H groups in total. The highest BCUT2D eigenvalue weighted by Crippen LogP contribution is 2.34. The van der Waals surface area contributed by atoms with Crippen molar-refractivity contribution < 1.29 is 45.1 Å². The molecule has 4 aromatic rings. The molecule has 0 amide bonds. The molecule has 0 aliphatic heterocycles. The molecular formula is C23H14F7N3O3. The van der Waals surface area contributed by atoms with Gasteiger partial charge in [0.1, 0.15) is 11.6 Å². The Bertz CT molecular complexity index is 1440. The van der Waals surface area contributed by atoms with Crippen molar-refractivity contribution in [2.45, 2.75) is 19.8 Å². The molecule has 0 bridgehead atoms. The number of hydrogen-bond acceptors (Lipinski definition) is 6. The van der Waals surface area contributed by atoms with E-state index in [9.17, 15) is 35.8 Å². The topological polar surface area (TPSA) is 80.4 Å². The average Bonchev–Trinajstić information content (AvgIpc) is 3.29. The maximum atomic E-state index is 14.2. The van der Waals surface area contributed by atoms with Gasteiger partial charge in [-0.05, 0) is 30.7 Å². The van der Waals surface area contributed by atoms with Crippen LogP contribution in [-0.2, 0) is 6.54 Å². The quantitative estimate of drug-likeness (QED) is 0.227. The van der Waals surface area contributed by atoms with Crippen molar-refractivity contribution >= 4 is 5.69 Å². The van der Waals surface area contributed by atoms with E-state index in [0.29, 0.717) is 28.9 Å². The maximum Gasteiger partial charge on any atom is 0.573 e. The van der Waals surface area contributed by atoms with E-state index >= 15 is 0 Å². The molecule has 36 heavy (non-hydrogen) atoms. The first-order valence-corrected chi connectivity index (χ1v) is 10.0. The van der Waals surface area contributed by atoms with Crippen LogP contribution >= 0.6 is 0 Å². The molecule has 0 saturated carbocycles. The third kappa shape index (κ3) is 5.19. The second-order valence-electron chi connectivity index (χ2n) is 7.49. The Labute approximate surface area is 197 Å². The van der Waals surface area contributed by atoms with E-state index in [4.69, 9.17) is 4.52 Å². The zero-order chi connectivity index (χ0) is 26.2. The summed E-state index contributed by atoms with van der Waals surface area (Å²) < 4.78 is 101. The summed E-state index contributed by atoms with van der Waals surface area (Å²) in [6.45, 7) is 1.53. The lowest BCUT2D eigenvalue weighted by Gasteiger charge is -2.15. The van der Waals surface area contributed by atoms with Crippen LogP contribution in [0.4, 0.5) is 36.4 Å². The molecule has 4 rings (SSSR count). The average molecular weight is 513 g/mol. The summed E-state index contributed by atoms with van der Waals surface area (Å²) in [6.07, 6.45) is -5.02. The number of halogens is 7. The molecule has 13 heteroatoms. The van der Waals surface area contributed by atoms with E-state index in [1.165, 1.54) is 6.07 Å². The van der Waals surface area contributed by atoms with E-state index < -0.39 is 52.6 Å². The van der Waals surface area contributed by atoms with E-state index in [-0.39, 0.29) is 17.9 Å². The molecule has 0 saturated heterocycles. The number of aryl methyl sites for hydroxylation is 1. The van der Waals surface area contributed by atoms with Crippen LogP contribution in [0.25, 0.3) is 22.8 Å². The Balaban J connectivity index is 1.60. The van der Waals surface area contributed by atoms with Gasteiger partial charge < -0.3 is 19.7 Å². The Kier molecular flexibility index (Phi) is 6.48. The molecule has 0 aliphatic carbocycles. The number of hydrogen-bond donors (Lipinski definition) is 2. The standard InChI is InChI=1S/C23H14F7N3O3/c1-10-2-3-11(21-32-22(36-33-21)14-8-15(25)19(27)20(34)18(14)26)6-16(10)31-9-12-4-5-13(24)7-17(12)35-23(28,29)30/h2-8,31,34H,9H2,1H3. The number of nitrogens with zero attached hydrogens (tertiary/aromatic N) is 2. The Morgan fingerprint density at radius 2 is 1.75 bits per heavy atom. The summed E-state index contributed by atoms with van der Waals surface area (Å²) in [4.78, 5) is 3.94. The molecule has 1 aromatic heterocycles. The zero-order valence-corrected chi connectivity index (χ0v) is 18.1. The number of benzene rings is 3. The SMILES string of the molecule is Cc1ccc(-c2noc(-c3cc(F)c(F)c(O)c3F)n2)cc1NCc1ccc(F)cc1OC(F)(F)F. The normalized spacial score (nSPS) is 11.6. The van der Waals surface area contributed by atoms with E-state index in [0.717, 1.165) is 12.1 Å². The molecule has 0 radical (unpaired) electrons. The molecule has 0 fully saturated rings. The summed E-state index contributed by atoms with van der Waals surface area (Å²) in [7, 11) is 0. The highest BCUT2D eigenvalue weighted by Gasteiger charge is 2.32. The van der Waals surface area contributed by atoms with Gasteiger partial charge >= 0.3 is 6.36 Å². The van der Waals surface area contributed by atoms with Gasteiger partial charge in [0.25, 0.3) is 5.89 Å². The lowest BCUT2D eigenvalue weighted by Crippen LogP contribution is -2.18. The summed E-state index contributed by atoms with van der Waals surface area (Å²) >= 11 is 0. The fraction of sp³-hybridized carbons (Fsp3) is 0.130. The summed E-state index contributed by atoms with van der Waals surface area (Å²) in [5.74, 6) is -8.56. The number of alkyl halides is 3. The Hall–Kier alpha value is -4.29. The van der Waals surface area contributed by atoms with Gasteiger partial charge in [0.05, 0.1) is 5.56 Å². The van der Waals surface area contributed by atoms with Gasteiger partial charge in [0.2, 0.25) is 11.6 Å². The molecule has 0 spiro atoms. The number of aromatic nitrogens is 2. The van der Waals surface area contributed by atoms with E-state index in [1.54, 1.807) is 19.1 Å². The van der Waals surface area contributed by atoms with Crippen molar-refractivity contribution in [2.24, 2.45) is 0 Å². The maximum absolute atomic E-state index is 14.2. The zero-order valence-electron chi connectivity index (χ0n) is 18.1. The number of nitrogens with one attached hydrogen (secondary N) is 1. The highest BCUT2D eigenvalue weighted by atomic mass is 19.4. The first kappa shape index (κ1) is 24.8. The van der Waals surface area contributed by atoms with Gasteiger partial charge in [-0.15, -0.1) is 13.2 Å². The van der Waals surface area contributed by atoms with Crippen molar-refractivity contribution in [1.82, 2.24) is 10.1 Å². The predicted molar refractivity (Wildman–Crippen MR) is 112 cm³/mol. The third-order valence-corrected chi connectivity index (χ3v) is 5.01. The number of phenolic OH excluding ortho intramolecular Hbond substituents is 1. The molecule has 3 aromatic carbocycles. The van der Waals surface area contributed by atoms with Crippen LogP contribution in [0.3, 0.4) is 0 Å². The van der Waals surface area contributed by atoms with Gasteiger partial charge in [0, 0.05) is 29.4 Å². The minimum Gasteiger partial charge on any atom is -0.503 e. The molecule has 0 aliphatic rings. The van der Waals surface area contributed by atoms with Crippen LogP contribution in [-0.4, -0.2) is 21.6 Å². The fourth-order valence-electron chi connectivity index (χ4n) is 3.23. The molecule has 188 valence electrons. The summed E-state index contributed by atoms with van der Waals surface area (Å²) in [6, 6.07) is 7.88. The number of rotatable bonds is 6. The monoisotopic (exact) mass is 513 g/mol. The lowest BCUT2D eigenvalue weighted by atomic mass is 10.1. The van der Waals surface area contributed by atoms with Crippen molar-refractivity contribution in [2.75, 3.05) is 5.32 Å². The van der Waals surface area contributed by atoms with Gasteiger partial charge in [-0.3, -0.25) is 0 Å². The van der Waals surface area contributed by atoms with Crippen molar-refractivity contribution in [1.29, 1.82) is 0 Å². The van der Waals surface area contributed by atoms with Crippen LogP contribution in [0.15, 0.2) is 47.0 Å². The summed E-state index contributed by atoms with van der Waals surface area (Å²) in [5, 5.41) is 16.0. The third-order valence-electron chi connectivity index (χ3n) is 5.01. The minimum absolute atomic E-state index is 0.0222. The van der Waals surface area contributed by atoms with Gasteiger partial charge in [0.15, 0.2) is 17.4 Å². The first-order valence-electron chi connectivity index (χ1n) is 10.0. The highest BCUT2D eigenvalue weighted by molar-refractivity contribution is 5.67. The molecule has 0 atom stereocenters. The van der Waals surface area contributed by atoms with Crippen LogP contribution in [0, 0.1) is 30.2 Å². The molecule has 0 unspecified atom stereocenters. The van der Waals surface area contributed by atoms with Crippen molar-refractivity contribution in [3.05, 3.63) is 76.9 Å². The second kappa shape index (κ2) is 9.40. The smallest absolute Gasteiger partial charge is 0.503 e. The minimum atomic E-state index is -5.02. The van der Waals surface area contributed by atoms with E-state index in [1.807, 2.05) is 0 Å². The van der Waals surface area contributed by atoms with Gasteiger partial charge in [-0.2, -0.15) is 9.37 Å². The fourth-order valence-corrected chi connectivity index (χ4v) is 3.23. The molecule has 6 nitrogen and oxygen atoms in total. The Morgan fingerprint density at radius 3 is 2.47 bits per heavy atom. The van der Waals surface area contributed by atoms with Crippen LogP contribution in [0.5, 0.6) is 11.5 Å². The van der Waals surface area contributed by atoms with Crippen molar-refractivity contribution in [3.8, 4) is 34.3 Å². The Morgan fingerprint density at radius 1 is 1.00 bits per heavy atom. The van der Waals surface area contributed by atoms with Crippen LogP contribution in [0.2, 0.25) is 0 Å². The number of anilines is 1. The van der Waals surface area contributed by atoms with Gasteiger partial charge in [-0.25, -0.2) is 13.2 Å². The van der Waals surface area contributed by atoms with Crippen molar-refractivity contribution in [3.63, 3.8) is 0 Å². The van der Waals surface area contributed by atoms with E-state index in [2.05, 4.69) is 20.2 Å². The number of ether oxygens (including phenoxy) is 1. The number of phenols is 1. The number of aromatic hydroxyl groups is 1. The summed E-state index contributed by atoms with van der Waals surface area (Å²) in [5.41, 5.74) is 0.770. The lowest BCUT2D eigenvalue weighted by molar-refractivity contribution is -0.274. The van der Waals surface area contributed by atoms with Crippen LogP contribution < -0.4 is 10.1 Å². The van der Waals surface area contributed by atoms with Gasteiger partial charge in [-0.1, -0.05) is 23.4 Å². The molecular weight excluding hydrogens is 499 g/mol. The van der Waals surface area contributed by atoms with Crippen LogP contribution in [0.1, 0.15) is 11.1 Å².